The van der Waals surface area contributed by atoms with E-state index in [1.165, 1.54) is 12.1 Å². The van der Waals surface area contributed by atoms with Crippen LogP contribution < -0.4 is 16.0 Å². The lowest BCUT2D eigenvalue weighted by atomic mass is 10.0. The van der Waals surface area contributed by atoms with Crippen molar-refractivity contribution >= 4 is 46.2 Å². The lowest BCUT2D eigenvalue weighted by molar-refractivity contribution is -0.137. The number of hydrogen-bond acceptors (Lipinski definition) is 3. The molecule has 0 radical (unpaired) electrons. The number of nitrogens with one attached hydrogen (secondary N) is 4. The second kappa shape index (κ2) is 9.10. The lowest BCUT2D eigenvalue weighted by Crippen LogP contribution is -2.14. The summed E-state index contributed by atoms with van der Waals surface area (Å²) in [5.74, 6) is -0.851. The van der Waals surface area contributed by atoms with E-state index >= 15 is 0 Å². The highest BCUT2D eigenvalue weighted by molar-refractivity contribution is 6.35. The maximum Gasteiger partial charge on any atom is 0.416 e. The first kappa shape index (κ1) is 23.0. The molecule has 0 atom stereocenters. The Morgan fingerprint density at radius 2 is 1.64 bits per heavy atom. The minimum absolute atomic E-state index is 0.0969. The molecule has 9 heteroatoms. The number of alkyl halides is 3. The molecule has 0 spiro atoms. The maximum atomic E-state index is 13.0. The molecule has 0 saturated carbocycles. The number of anilines is 4. The molecule has 0 saturated heterocycles. The third-order valence-corrected chi connectivity index (χ3v) is 5.59. The van der Waals surface area contributed by atoms with Gasteiger partial charge in [0.1, 0.15) is 0 Å². The predicted octanol–water partition coefficient (Wildman–Crippen LogP) is 6.52. The standard InChI is InChI=1S/C27H19F3N4O2/c28-27(29,30)17-5-1-4-16(12-17)25(35)33-20-7-2-6-19(13-20)32-21-9-10-24-22(15-21)23(26(36)34-24)14-18-8-3-11-31-18/h1-15,31-32H,(H,33,35)(H,34,36). The Morgan fingerprint density at radius 3 is 2.42 bits per heavy atom. The molecule has 0 bridgehead atoms. The van der Waals surface area contributed by atoms with Gasteiger partial charge in [-0.25, -0.2) is 0 Å². The van der Waals surface area contributed by atoms with Crippen LogP contribution in [0.25, 0.3) is 11.6 Å². The van der Waals surface area contributed by atoms with Crippen LogP contribution in [-0.2, 0) is 11.0 Å². The molecule has 36 heavy (non-hydrogen) atoms. The van der Waals surface area contributed by atoms with Gasteiger partial charge in [-0.3, -0.25) is 9.59 Å². The average molecular weight is 488 g/mol. The average Bonchev–Trinajstić information content (AvgIpc) is 3.47. The third kappa shape index (κ3) is 4.85. The molecule has 1 aliphatic rings. The van der Waals surface area contributed by atoms with Gasteiger partial charge in [0.05, 0.1) is 11.1 Å². The van der Waals surface area contributed by atoms with Crippen LogP contribution in [0.2, 0.25) is 0 Å². The van der Waals surface area contributed by atoms with Crippen molar-refractivity contribution in [3.8, 4) is 0 Å². The van der Waals surface area contributed by atoms with Gasteiger partial charge in [0, 0.05) is 45.8 Å². The molecule has 4 aromatic rings. The lowest BCUT2D eigenvalue weighted by Gasteiger charge is -2.12. The summed E-state index contributed by atoms with van der Waals surface area (Å²) in [6.45, 7) is 0. The van der Waals surface area contributed by atoms with E-state index in [9.17, 15) is 22.8 Å². The zero-order valence-corrected chi connectivity index (χ0v) is 18.6. The van der Waals surface area contributed by atoms with Gasteiger partial charge in [0.2, 0.25) is 0 Å². The molecule has 4 N–H and O–H groups in total. The topological polar surface area (TPSA) is 86.0 Å². The smallest absolute Gasteiger partial charge is 0.362 e. The summed E-state index contributed by atoms with van der Waals surface area (Å²) in [5, 5.41) is 8.71. The molecule has 180 valence electrons. The highest BCUT2D eigenvalue weighted by Crippen LogP contribution is 2.36. The van der Waals surface area contributed by atoms with Gasteiger partial charge in [-0.15, -0.1) is 0 Å². The molecule has 2 amide bonds. The van der Waals surface area contributed by atoms with Gasteiger partial charge >= 0.3 is 6.18 Å². The molecule has 1 aromatic heterocycles. The highest BCUT2D eigenvalue weighted by atomic mass is 19.4. The van der Waals surface area contributed by atoms with Crippen LogP contribution in [0.1, 0.15) is 27.2 Å². The number of carbonyl (C=O) groups is 2. The van der Waals surface area contributed by atoms with Crippen molar-refractivity contribution in [1.29, 1.82) is 0 Å². The number of rotatable bonds is 5. The van der Waals surface area contributed by atoms with E-state index in [0.29, 0.717) is 28.3 Å². The number of benzene rings is 3. The van der Waals surface area contributed by atoms with Crippen LogP contribution in [0.5, 0.6) is 0 Å². The fourth-order valence-electron chi connectivity index (χ4n) is 3.88. The fourth-order valence-corrected chi connectivity index (χ4v) is 3.88. The Balaban J connectivity index is 1.34. The monoisotopic (exact) mass is 488 g/mol. The van der Waals surface area contributed by atoms with E-state index in [1.54, 1.807) is 42.6 Å². The van der Waals surface area contributed by atoms with Crippen molar-refractivity contribution in [2.45, 2.75) is 6.18 Å². The number of aromatic amines is 1. The van der Waals surface area contributed by atoms with Crippen molar-refractivity contribution in [1.82, 2.24) is 4.98 Å². The Bertz CT molecular complexity index is 1490. The summed E-state index contributed by atoms with van der Waals surface area (Å²) in [6, 6.07) is 20.2. The molecule has 0 unspecified atom stereocenters. The number of amides is 2. The Morgan fingerprint density at radius 1 is 0.861 bits per heavy atom. The summed E-state index contributed by atoms with van der Waals surface area (Å²) < 4.78 is 38.9. The number of carbonyl (C=O) groups excluding carboxylic acids is 2. The predicted molar refractivity (Wildman–Crippen MR) is 133 cm³/mol. The first-order valence-corrected chi connectivity index (χ1v) is 10.9. The van der Waals surface area contributed by atoms with Crippen molar-refractivity contribution in [2.24, 2.45) is 0 Å². The number of aromatic nitrogens is 1. The van der Waals surface area contributed by atoms with E-state index < -0.39 is 17.6 Å². The van der Waals surface area contributed by atoms with Gasteiger partial charge in [-0.2, -0.15) is 13.2 Å². The second-order valence-electron chi connectivity index (χ2n) is 8.14. The minimum atomic E-state index is -4.54. The number of hydrogen-bond donors (Lipinski definition) is 4. The van der Waals surface area contributed by atoms with Crippen LogP contribution in [0, 0.1) is 0 Å². The van der Waals surface area contributed by atoms with Crippen molar-refractivity contribution in [3.63, 3.8) is 0 Å². The quantitative estimate of drug-likeness (QED) is 0.241. The van der Waals surface area contributed by atoms with E-state index in [4.69, 9.17) is 0 Å². The summed E-state index contributed by atoms with van der Waals surface area (Å²) in [5.41, 5.74) is 3.55. The largest absolute Gasteiger partial charge is 0.416 e. The third-order valence-electron chi connectivity index (χ3n) is 5.59. The van der Waals surface area contributed by atoms with Gasteiger partial charge in [0.25, 0.3) is 11.8 Å². The van der Waals surface area contributed by atoms with Crippen molar-refractivity contribution < 1.29 is 22.8 Å². The van der Waals surface area contributed by atoms with Gasteiger partial charge in [-0.05, 0) is 72.8 Å². The van der Waals surface area contributed by atoms with Gasteiger partial charge in [-0.1, -0.05) is 12.1 Å². The molecule has 1 aliphatic heterocycles. The number of H-pyrrole nitrogens is 1. The summed E-state index contributed by atoms with van der Waals surface area (Å²) in [6.07, 6.45) is -0.988. The zero-order valence-electron chi connectivity index (χ0n) is 18.6. The number of fused-ring (bicyclic) bond motifs is 1. The second-order valence-corrected chi connectivity index (χ2v) is 8.14. The van der Waals surface area contributed by atoms with E-state index in [1.807, 2.05) is 24.3 Å². The van der Waals surface area contributed by atoms with Crippen molar-refractivity contribution in [3.05, 3.63) is 107 Å². The molecule has 3 aromatic carbocycles. The Hall–Kier alpha value is -4.79. The fraction of sp³-hybridized carbons (Fsp3) is 0.0370. The highest BCUT2D eigenvalue weighted by Gasteiger charge is 2.31. The van der Waals surface area contributed by atoms with E-state index in [2.05, 4.69) is 20.9 Å². The molecule has 2 heterocycles. The molecule has 6 nitrogen and oxygen atoms in total. The molecular formula is C27H19F3N4O2. The minimum Gasteiger partial charge on any atom is -0.362 e. The van der Waals surface area contributed by atoms with Crippen LogP contribution in [-0.4, -0.2) is 16.8 Å². The normalized spacial score (nSPS) is 13.9. The summed E-state index contributed by atoms with van der Waals surface area (Å²) in [4.78, 5) is 28.0. The van der Waals surface area contributed by atoms with Crippen LogP contribution in [0.4, 0.5) is 35.9 Å². The van der Waals surface area contributed by atoms with E-state index in [-0.39, 0.29) is 11.5 Å². The van der Waals surface area contributed by atoms with Gasteiger partial charge < -0.3 is 20.9 Å². The van der Waals surface area contributed by atoms with E-state index in [0.717, 1.165) is 23.4 Å². The zero-order chi connectivity index (χ0) is 25.3. The summed E-state index contributed by atoms with van der Waals surface area (Å²) >= 11 is 0. The number of halogens is 3. The first-order chi connectivity index (χ1) is 17.3. The molecule has 0 fully saturated rings. The van der Waals surface area contributed by atoms with Crippen LogP contribution >= 0.6 is 0 Å². The Kier molecular flexibility index (Phi) is 5.81. The maximum absolute atomic E-state index is 13.0. The SMILES string of the molecule is O=C1Nc2ccc(Nc3cccc(NC(=O)c4cccc(C(F)(F)F)c4)c3)cc2C1=Cc1ccc[nH]1. The molecular weight excluding hydrogens is 469 g/mol. The van der Waals surface area contributed by atoms with Crippen molar-refractivity contribution in [2.75, 3.05) is 16.0 Å². The molecule has 0 aliphatic carbocycles. The van der Waals surface area contributed by atoms with Crippen LogP contribution in [0.15, 0.2) is 85.1 Å². The first-order valence-electron chi connectivity index (χ1n) is 10.9. The van der Waals surface area contributed by atoms with Gasteiger partial charge in [0.15, 0.2) is 0 Å². The van der Waals surface area contributed by atoms with Crippen LogP contribution in [0.3, 0.4) is 0 Å². The summed E-state index contributed by atoms with van der Waals surface area (Å²) in [7, 11) is 0. The molecule has 5 rings (SSSR count). The Labute approximate surface area is 203 Å².